The molecule has 0 radical (unpaired) electrons. The van der Waals surface area contributed by atoms with E-state index < -0.39 is 10.0 Å². The van der Waals surface area contributed by atoms with Gasteiger partial charge in [-0.05, 0) is 68.1 Å². The molecule has 0 unspecified atom stereocenters. The van der Waals surface area contributed by atoms with E-state index in [1.54, 1.807) is 0 Å². The maximum absolute atomic E-state index is 12.5. The number of aryl methyl sites for hydroxylation is 2. The maximum atomic E-state index is 12.5. The highest BCUT2D eigenvalue weighted by Crippen LogP contribution is 2.32. The van der Waals surface area contributed by atoms with Gasteiger partial charge in [-0.15, -0.1) is 0 Å². The second-order valence-corrected chi connectivity index (χ2v) is 9.88. The van der Waals surface area contributed by atoms with E-state index in [4.69, 9.17) is 9.47 Å². The van der Waals surface area contributed by atoms with E-state index in [1.165, 1.54) is 10.6 Å². The van der Waals surface area contributed by atoms with Gasteiger partial charge in [-0.2, -0.15) is 0 Å². The molecule has 0 aliphatic carbocycles. The first kappa shape index (κ1) is 22.9. The van der Waals surface area contributed by atoms with Crippen LogP contribution in [0.25, 0.3) is 0 Å². The van der Waals surface area contributed by atoms with E-state index in [0.717, 1.165) is 16.7 Å². The maximum Gasteiger partial charge on any atom is 0.232 e. The van der Waals surface area contributed by atoms with Crippen LogP contribution in [0.4, 0.5) is 5.69 Å². The van der Waals surface area contributed by atoms with E-state index >= 15 is 0 Å². The van der Waals surface area contributed by atoms with Crippen molar-refractivity contribution in [2.75, 3.05) is 30.3 Å². The summed E-state index contributed by atoms with van der Waals surface area (Å²) in [6, 6.07) is 11.1. The van der Waals surface area contributed by atoms with Gasteiger partial charge in [0.1, 0.15) is 13.2 Å². The van der Waals surface area contributed by atoms with Crippen LogP contribution in [-0.4, -0.2) is 40.3 Å². The molecule has 1 atom stereocenters. The number of nitrogens with zero attached hydrogens (tertiary/aromatic N) is 1. The first-order valence-electron chi connectivity index (χ1n) is 10.4. The molecule has 0 aromatic heterocycles. The molecule has 1 amide bonds. The highest BCUT2D eigenvalue weighted by Gasteiger charge is 2.19. The highest BCUT2D eigenvalue weighted by atomic mass is 32.2. The number of carbonyl (C=O) groups is 1. The lowest BCUT2D eigenvalue weighted by Gasteiger charge is -2.23. The van der Waals surface area contributed by atoms with Gasteiger partial charge in [0.05, 0.1) is 18.0 Å². The lowest BCUT2D eigenvalue weighted by Crippen LogP contribution is -2.32. The molecule has 0 saturated heterocycles. The van der Waals surface area contributed by atoms with Gasteiger partial charge in [0.15, 0.2) is 11.5 Å². The van der Waals surface area contributed by atoms with Gasteiger partial charge in [-0.1, -0.05) is 12.1 Å². The van der Waals surface area contributed by atoms with Crippen LogP contribution in [-0.2, 0) is 14.8 Å². The molecule has 0 fully saturated rings. The fourth-order valence-corrected chi connectivity index (χ4v) is 4.64. The fourth-order valence-electron chi connectivity index (χ4n) is 3.69. The largest absolute Gasteiger partial charge is 0.486 e. The Balaban J connectivity index is 1.58. The van der Waals surface area contributed by atoms with Crippen LogP contribution in [0, 0.1) is 13.8 Å². The molecular formula is C23H30N2O5S. The Morgan fingerprint density at radius 2 is 1.71 bits per heavy atom. The molecule has 1 N–H and O–H groups in total. The summed E-state index contributed by atoms with van der Waals surface area (Å²) in [5, 5.41) is 2.97. The number of ether oxygens (including phenoxy) is 2. The molecular weight excluding hydrogens is 416 g/mol. The van der Waals surface area contributed by atoms with E-state index in [0.29, 0.717) is 36.8 Å². The van der Waals surface area contributed by atoms with Gasteiger partial charge in [0.25, 0.3) is 0 Å². The van der Waals surface area contributed by atoms with Gasteiger partial charge < -0.3 is 14.8 Å². The van der Waals surface area contributed by atoms with Gasteiger partial charge in [-0.25, -0.2) is 8.42 Å². The Morgan fingerprint density at radius 1 is 1.06 bits per heavy atom. The number of anilines is 1. The normalized spacial score (nSPS) is 14.1. The average Bonchev–Trinajstić information content (AvgIpc) is 2.69. The minimum Gasteiger partial charge on any atom is -0.486 e. The topological polar surface area (TPSA) is 84.9 Å². The number of fused-ring (bicyclic) bond motifs is 1. The lowest BCUT2D eigenvalue weighted by molar-refractivity contribution is -0.121. The zero-order chi connectivity index (χ0) is 22.6. The number of hydrogen-bond donors (Lipinski definition) is 1. The summed E-state index contributed by atoms with van der Waals surface area (Å²) >= 11 is 0. The van der Waals surface area contributed by atoms with Crippen LogP contribution < -0.4 is 19.1 Å². The van der Waals surface area contributed by atoms with Crippen LogP contribution >= 0.6 is 0 Å². The molecule has 2 aromatic carbocycles. The summed E-state index contributed by atoms with van der Waals surface area (Å²) in [5.41, 5.74) is 3.54. The van der Waals surface area contributed by atoms with Crippen LogP contribution in [0.3, 0.4) is 0 Å². The summed E-state index contributed by atoms with van der Waals surface area (Å²) in [7, 11) is -3.45. The third-order valence-corrected chi connectivity index (χ3v) is 6.30. The molecule has 0 spiro atoms. The van der Waals surface area contributed by atoms with Crippen molar-refractivity contribution < 1.29 is 22.7 Å². The Kier molecular flexibility index (Phi) is 7.10. The van der Waals surface area contributed by atoms with Crippen molar-refractivity contribution in [2.45, 2.75) is 39.7 Å². The highest BCUT2D eigenvalue weighted by molar-refractivity contribution is 7.92. The molecule has 1 heterocycles. The van der Waals surface area contributed by atoms with Crippen molar-refractivity contribution in [1.82, 2.24) is 5.32 Å². The predicted molar refractivity (Wildman–Crippen MR) is 121 cm³/mol. The van der Waals surface area contributed by atoms with Crippen molar-refractivity contribution in [2.24, 2.45) is 0 Å². The molecule has 8 heteroatoms. The van der Waals surface area contributed by atoms with E-state index in [2.05, 4.69) is 5.32 Å². The zero-order valence-electron chi connectivity index (χ0n) is 18.5. The molecule has 0 bridgehead atoms. The molecule has 168 valence electrons. The monoisotopic (exact) mass is 446 g/mol. The number of nitrogens with one attached hydrogen (secondary N) is 1. The Morgan fingerprint density at radius 3 is 2.35 bits per heavy atom. The van der Waals surface area contributed by atoms with Crippen molar-refractivity contribution in [1.29, 1.82) is 0 Å². The van der Waals surface area contributed by atoms with Crippen molar-refractivity contribution in [3.63, 3.8) is 0 Å². The molecule has 31 heavy (non-hydrogen) atoms. The summed E-state index contributed by atoms with van der Waals surface area (Å²) in [6.07, 6.45) is 1.83. The number of rotatable bonds is 8. The molecule has 7 nitrogen and oxygen atoms in total. The minimum absolute atomic E-state index is 0.128. The third kappa shape index (κ3) is 6.13. The number of sulfonamides is 1. The summed E-state index contributed by atoms with van der Waals surface area (Å²) in [5.74, 6) is 1.26. The SMILES string of the molecule is Cc1cc(C)cc(N(CCCC(=O)N[C@@H](C)c2ccc3c(c2)OCCO3)S(C)(=O)=O)c1. The van der Waals surface area contributed by atoms with E-state index in [-0.39, 0.29) is 24.9 Å². The van der Waals surface area contributed by atoms with Gasteiger partial charge >= 0.3 is 0 Å². The van der Waals surface area contributed by atoms with Gasteiger partial charge in [0.2, 0.25) is 15.9 Å². The van der Waals surface area contributed by atoms with Crippen LogP contribution in [0.2, 0.25) is 0 Å². The van der Waals surface area contributed by atoms with Crippen LogP contribution in [0.5, 0.6) is 11.5 Å². The predicted octanol–water partition coefficient (Wildman–Crippen LogP) is 3.50. The molecule has 1 aliphatic rings. The first-order chi connectivity index (χ1) is 14.6. The Bertz CT molecular complexity index is 1030. The lowest BCUT2D eigenvalue weighted by atomic mass is 10.1. The third-order valence-electron chi connectivity index (χ3n) is 5.10. The molecule has 3 rings (SSSR count). The van der Waals surface area contributed by atoms with Crippen molar-refractivity contribution >= 4 is 21.6 Å². The first-order valence-corrected chi connectivity index (χ1v) is 12.2. The van der Waals surface area contributed by atoms with Crippen LogP contribution in [0.15, 0.2) is 36.4 Å². The Labute approximate surface area is 184 Å². The molecule has 1 aliphatic heterocycles. The number of hydrogen-bond acceptors (Lipinski definition) is 5. The quantitative estimate of drug-likeness (QED) is 0.671. The smallest absolute Gasteiger partial charge is 0.232 e. The number of amides is 1. The van der Waals surface area contributed by atoms with Crippen molar-refractivity contribution in [3.05, 3.63) is 53.1 Å². The second kappa shape index (κ2) is 9.60. The van der Waals surface area contributed by atoms with Gasteiger partial charge in [0, 0.05) is 13.0 Å². The second-order valence-electron chi connectivity index (χ2n) is 7.98. The fraction of sp³-hybridized carbons (Fsp3) is 0.435. The number of carbonyl (C=O) groups excluding carboxylic acids is 1. The Hall–Kier alpha value is -2.74. The molecule has 0 saturated carbocycles. The van der Waals surface area contributed by atoms with Crippen molar-refractivity contribution in [3.8, 4) is 11.5 Å². The van der Waals surface area contributed by atoms with Gasteiger partial charge in [-0.3, -0.25) is 9.10 Å². The van der Waals surface area contributed by atoms with Crippen LogP contribution in [0.1, 0.15) is 42.5 Å². The van der Waals surface area contributed by atoms with E-state index in [1.807, 2.05) is 57.2 Å². The minimum atomic E-state index is -3.45. The standard InChI is InChI=1S/C23H30N2O5S/c1-16-12-17(2)14-20(13-16)25(31(4,27)28)9-5-6-23(26)24-18(3)19-7-8-21-22(15-19)30-11-10-29-21/h7-8,12-15,18H,5-6,9-11H2,1-4H3,(H,24,26)/t18-/m0/s1. The summed E-state index contributed by atoms with van der Waals surface area (Å²) in [6.45, 7) is 7.06. The summed E-state index contributed by atoms with van der Waals surface area (Å²) < 4.78 is 37.1. The number of benzene rings is 2. The zero-order valence-corrected chi connectivity index (χ0v) is 19.3. The van der Waals surface area contributed by atoms with E-state index in [9.17, 15) is 13.2 Å². The summed E-state index contributed by atoms with van der Waals surface area (Å²) in [4.78, 5) is 12.5. The average molecular weight is 447 g/mol. The molecule has 2 aromatic rings.